The Hall–Kier alpha value is -2.47. The number of rotatable bonds is 3. The zero-order valence-corrected chi connectivity index (χ0v) is 13.2. The molecule has 118 valence electrons. The fourth-order valence-corrected chi connectivity index (χ4v) is 2.92. The minimum atomic E-state index is -0.455. The molecular formula is C17H18N4O2. The van der Waals surface area contributed by atoms with Crippen LogP contribution in [0.1, 0.15) is 31.2 Å². The molecule has 0 unspecified atom stereocenters. The summed E-state index contributed by atoms with van der Waals surface area (Å²) in [5.74, 6) is 2.69. The topological polar surface area (TPSA) is 66.0 Å². The highest BCUT2D eigenvalue weighted by Gasteiger charge is 2.38. The summed E-state index contributed by atoms with van der Waals surface area (Å²) >= 11 is 0. The fourth-order valence-electron chi connectivity index (χ4n) is 2.92. The van der Waals surface area contributed by atoms with E-state index in [2.05, 4.69) is 17.0 Å². The SMILES string of the molecule is Cc1ccnc(-n2nc(-c3ccco3)nc2[C@]2(C)CCCO2)c1. The van der Waals surface area contributed by atoms with Gasteiger partial charge in [-0.1, -0.05) is 0 Å². The zero-order chi connectivity index (χ0) is 15.9. The van der Waals surface area contributed by atoms with Gasteiger partial charge in [-0.05, 0) is 56.5 Å². The van der Waals surface area contributed by atoms with E-state index in [1.165, 1.54) is 0 Å². The minimum absolute atomic E-state index is 0.455. The molecule has 1 aliphatic heterocycles. The Bertz CT molecular complexity index is 817. The Balaban J connectivity index is 1.89. The first-order chi connectivity index (χ1) is 11.2. The molecule has 1 atom stereocenters. The van der Waals surface area contributed by atoms with Crippen molar-refractivity contribution < 1.29 is 9.15 Å². The van der Waals surface area contributed by atoms with Crippen molar-refractivity contribution in [2.24, 2.45) is 0 Å². The first kappa shape index (κ1) is 14.1. The monoisotopic (exact) mass is 310 g/mol. The predicted octanol–water partition coefficient (Wildman–Crippen LogP) is 3.26. The second-order valence-electron chi connectivity index (χ2n) is 6.02. The van der Waals surface area contributed by atoms with Gasteiger partial charge in [-0.2, -0.15) is 4.68 Å². The van der Waals surface area contributed by atoms with Crippen LogP contribution in [0, 0.1) is 6.92 Å². The van der Waals surface area contributed by atoms with E-state index in [1.54, 1.807) is 17.1 Å². The van der Waals surface area contributed by atoms with Gasteiger partial charge in [0.05, 0.1) is 6.26 Å². The zero-order valence-electron chi connectivity index (χ0n) is 13.2. The second kappa shape index (κ2) is 5.31. The van der Waals surface area contributed by atoms with E-state index < -0.39 is 5.60 Å². The summed E-state index contributed by atoms with van der Waals surface area (Å²) < 4.78 is 13.2. The summed E-state index contributed by atoms with van der Waals surface area (Å²) in [5.41, 5.74) is 0.664. The molecule has 4 heterocycles. The number of pyridine rings is 1. The quantitative estimate of drug-likeness (QED) is 0.743. The molecule has 0 amide bonds. The Labute approximate surface area is 134 Å². The van der Waals surface area contributed by atoms with Crippen LogP contribution >= 0.6 is 0 Å². The maximum atomic E-state index is 5.97. The summed E-state index contributed by atoms with van der Waals surface area (Å²) in [4.78, 5) is 9.15. The average Bonchev–Trinajstić information content (AvgIpc) is 3.27. The predicted molar refractivity (Wildman–Crippen MR) is 84.1 cm³/mol. The molecule has 3 aromatic heterocycles. The maximum Gasteiger partial charge on any atom is 0.217 e. The Morgan fingerprint density at radius 3 is 2.91 bits per heavy atom. The van der Waals surface area contributed by atoms with E-state index in [-0.39, 0.29) is 0 Å². The van der Waals surface area contributed by atoms with Crippen LogP contribution in [0.25, 0.3) is 17.4 Å². The van der Waals surface area contributed by atoms with E-state index in [0.717, 1.165) is 36.7 Å². The van der Waals surface area contributed by atoms with E-state index in [4.69, 9.17) is 14.1 Å². The maximum absolute atomic E-state index is 5.97. The van der Waals surface area contributed by atoms with Gasteiger partial charge in [0.15, 0.2) is 17.4 Å². The van der Waals surface area contributed by atoms with E-state index >= 15 is 0 Å². The van der Waals surface area contributed by atoms with Crippen LogP contribution in [0.2, 0.25) is 0 Å². The lowest BCUT2D eigenvalue weighted by Gasteiger charge is -2.22. The summed E-state index contributed by atoms with van der Waals surface area (Å²) in [5, 5.41) is 4.62. The fraction of sp³-hybridized carbons (Fsp3) is 0.353. The van der Waals surface area contributed by atoms with Gasteiger partial charge in [0.2, 0.25) is 5.82 Å². The van der Waals surface area contributed by atoms with Crippen molar-refractivity contribution >= 4 is 0 Å². The standard InChI is InChI=1S/C17H18N4O2/c1-12-6-8-18-14(11-12)21-16(17(2)7-4-10-23-17)19-15(20-21)13-5-3-9-22-13/h3,5-6,8-9,11H,4,7,10H2,1-2H3/t17-/m0/s1. The Morgan fingerprint density at radius 1 is 1.30 bits per heavy atom. The molecule has 1 fully saturated rings. The molecule has 0 bridgehead atoms. The molecule has 0 aliphatic carbocycles. The molecular weight excluding hydrogens is 292 g/mol. The largest absolute Gasteiger partial charge is 0.461 e. The van der Waals surface area contributed by atoms with Crippen LogP contribution in [-0.4, -0.2) is 26.4 Å². The second-order valence-corrected chi connectivity index (χ2v) is 6.02. The minimum Gasteiger partial charge on any atom is -0.461 e. The molecule has 6 heteroatoms. The molecule has 0 saturated carbocycles. The molecule has 6 nitrogen and oxygen atoms in total. The van der Waals surface area contributed by atoms with Crippen molar-refractivity contribution in [1.29, 1.82) is 0 Å². The number of hydrogen-bond acceptors (Lipinski definition) is 5. The number of furan rings is 1. The summed E-state index contributed by atoms with van der Waals surface area (Å²) in [6, 6.07) is 7.63. The third-order valence-electron chi connectivity index (χ3n) is 4.16. The third kappa shape index (κ3) is 2.45. The van der Waals surface area contributed by atoms with Crippen LogP contribution in [0.5, 0.6) is 0 Å². The summed E-state index contributed by atoms with van der Waals surface area (Å²) in [6.07, 6.45) is 5.32. The van der Waals surface area contributed by atoms with Crippen molar-refractivity contribution in [3.8, 4) is 17.4 Å². The third-order valence-corrected chi connectivity index (χ3v) is 4.16. The lowest BCUT2D eigenvalue weighted by molar-refractivity contribution is 0.00758. The van der Waals surface area contributed by atoms with Crippen LogP contribution < -0.4 is 0 Å². The molecule has 23 heavy (non-hydrogen) atoms. The molecule has 0 radical (unpaired) electrons. The van der Waals surface area contributed by atoms with E-state index in [1.807, 2.05) is 31.2 Å². The van der Waals surface area contributed by atoms with Gasteiger partial charge in [-0.25, -0.2) is 9.97 Å². The normalized spacial score (nSPS) is 21.0. The van der Waals surface area contributed by atoms with Gasteiger partial charge < -0.3 is 9.15 Å². The number of ether oxygens (including phenoxy) is 1. The van der Waals surface area contributed by atoms with Crippen LogP contribution in [0.15, 0.2) is 41.1 Å². The highest BCUT2D eigenvalue weighted by Crippen LogP contribution is 2.36. The number of aromatic nitrogens is 4. The first-order valence-corrected chi connectivity index (χ1v) is 7.74. The van der Waals surface area contributed by atoms with Gasteiger partial charge in [0.25, 0.3) is 0 Å². The highest BCUT2D eigenvalue weighted by atomic mass is 16.5. The van der Waals surface area contributed by atoms with Gasteiger partial charge >= 0.3 is 0 Å². The smallest absolute Gasteiger partial charge is 0.217 e. The molecule has 0 spiro atoms. The van der Waals surface area contributed by atoms with Crippen LogP contribution in [0.4, 0.5) is 0 Å². The van der Waals surface area contributed by atoms with Crippen molar-refractivity contribution in [2.75, 3.05) is 6.61 Å². The van der Waals surface area contributed by atoms with Crippen LogP contribution in [0.3, 0.4) is 0 Å². The first-order valence-electron chi connectivity index (χ1n) is 7.74. The Morgan fingerprint density at radius 2 is 2.22 bits per heavy atom. The van der Waals surface area contributed by atoms with Crippen molar-refractivity contribution in [3.05, 3.63) is 48.1 Å². The molecule has 1 aliphatic rings. The van der Waals surface area contributed by atoms with E-state index in [0.29, 0.717) is 11.6 Å². The highest BCUT2D eigenvalue weighted by molar-refractivity contribution is 5.47. The number of nitrogens with zero attached hydrogens (tertiary/aromatic N) is 4. The molecule has 3 aromatic rings. The van der Waals surface area contributed by atoms with E-state index in [9.17, 15) is 0 Å². The van der Waals surface area contributed by atoms with Gasteiger partial charge in [0.1, 0.15) is 5.60 Å². The summed E-state index contributed by atoms with van der Waals surface area (Å²) in [6.45, 7) is 4.83. The lowest BCUT2D eigenvalue weighted by atomic mass is 10.0. The van der Waals surface area contributed by atoms with Crippen molar-refractivity contribution in [2.45, 2.75) is 32.3 Å². The van der Waals surface area contributed by atoms with Gasteiger partial charge in [-0.15, -0.1) is 5.10 Å². The molecule has 1 saturated heterocycles. The van der Waals surface area contributed by atoms with Crippen molar-refractivity contribution in [3.63, 3.8) is 0 Å². The molecule has 0 aromatic carbocycles. The average molecular weight is 310 g/mol. The van der Waals surface area contributed by atoms with Crippen LogP contribution in [-0.2, 0) is 10.3 Å². The lowest BCUT2D eigenvalue weighted by Crippen LogP contribution is -2.25. The Kier molecular flexibility index (Phi) is 3.27. The molecule has 0 N–H and O–H groups in total. The van der Waals surface area contributed by atoms with Gasteiger partial charge in [0, 0.05) is 12.8 Å². The number of hydrogen-bond donors (Lipinski definition) is 0. The van der Waals surface area contributed by atoms with Crippen molar-refractivity contribution in [1.82, 2.24) is 19.7 Å². The number of aryl methyl sites for hydroxylation is 1. The molecule has 4 rings (SSSR count). The summed E-state index contributed by atoms with van der Waals surface area (Å²) in [7, 11) is 0. The van der Waals surface area contributed by atoms with Gasteiger partial charge in [-0.3, -0.25) is 0 Å².